The minimum Gasteiger partial charge on any atom is -0.312 e. The van der Waals surface area contributed by atoms with Crippen molar-refractivity contribution in [2.75, 3.05) is 20.6 Å². The van der Waals surface area contributed by atoms with Gasteiger partial charge in [-0.15, -0.1) is 0 Å². The zero-order valence-electron chi connectivity index (χ0n) is 13.2. The maximum Gasteiger partial charge on any atom is 0.0406 e. The molecule has 0 unspecified atom stereocenters. The van der Waals surface area contributed by atoms with Crippen LogP contribution in [0.25, 0.3) is 0 Å². The number of nitrogens with zero attached hydrogens (tertiary/aromatic N) is 1. The summed E-state index contributed by atoms with van der Waals surface area (Å²) < 4.78 is 0. The number of halogens is 1. The molecule has 0 aliphatic heterocycles. The van der Waals surface area contributed by atoms with Crippen molar-refractivity contribution < 1.29 is 0 Å². The Balaban J connectivity index is 1.47. The fraction of sp³-hybridized carbons (Fsp3) is 0.667. The number of rotatable bonds is 5. The molecule has 1 aromatic carbocycles. The van der Waals surface area contributed by atoms with E-state index in [-0.39, 0.29) is 0 Å². The van der Waals surface area contributed by atoms with E-state index >= 15 is 0 Å². The van der Waals surface area contributed by atoms with Gasteiger partial charge < -0.3 is 10.2 Å². The molecule has 0 radical (unpaired) electrons. The lowest BCUT2D eigenvalue weighted by molar-refractivity contribution is 0.138. The molecule has 2 fully saturated rings. The van der Waals surface area contributed by atoms with Crippen LogP contribution in [0.2, 0.25) is 5.02 Å². The van der Waals surface area contributed by atoms with E-state index in [1.165, 1.54) is 44.1 Å². The van der Waals surface area contributed by atoms with Crippen molar-refractivity contribution in [2.45, 2.75) is 56.0 Å². The van der Waals surface area contributed by atoms with Crippen LogP contribution in [0.1, 0.15) is 50.0 Å². The molecule has 2 aliphatic rings. The third kappa shape index (κ3) is 3.28. The van der Waals surface area contributed by atoms with Gasteiger partial charge in [0.2, 0.25) is 0 Å². The summed E-state index contributed by atoms with van der Waals surface area (Å²) in [6.45, 7) is 1.15. The second-order valence-corrected chi connectivity index (χ2v) is 7.56. The molecule has 3 rings (SSSR count). The van der Waals surface area contributed by atoms with E-state index in [1.54, 1.807) is 0 Å². The lowest BCUT2D eigenvalue weighted by Crippen LogP contribution is -2.53. The highest BCUT2D eigenvalue weighted by molar-refractivity contribution is 6.30. The van der Waals surface area contributed by atoms with Crippen molar-refractivity contribution in [1.29, 1.82) is 0 Å². The van der Waals surface area contributed by atoms with Crippen LogP contribution in [-0.4, -0.2) is 37.1 Å². The van der Waals surface area contributed by atoms with Gasteiger partial charge in [0.25, 0.3) is 0 Å². The summed E-state index contributed by atoms with van der Waals surface area (Å²) in [5.41, 5.74) is 1.85. The Kier molecular flexibility index (Phi) is 4.58. The number of hydrogen-bond acceptors (Lipinski definition) is 2. The largest absolute Gasteiger partial charge is 0.312 e. The second-order valence-electron chi connectivity index (χ2n) is 7.12. The van der Waals surface area contributed by atoms with Crippen LogP contribution >= 0.6 is 11.6 Å². The third-order valence-electron chi connectivity index (χ3n) is 5.68. The Morgan fingerprint density at radius 2 is 1.76 bits per heavy atom. The highest BCUT2D eigenvalue weighted by Crippen LogP contribution is 2.38. The van der Waals surface area contributed by atoms with E-state index in [4.69, 9.17) is 11.6 Å². The van der Waals surface area contributed by atoms with Gasteiger partial charge in [-0.05, 0) is 63.4 Å². The Morgan fingerprint density at radius 3 is 2.33 bits per heavy atom. The van der Waals surface area contributed by atoms with Crippen molar-refractivity contribution in [2.24, 2.45) is 0 Å². The molecule has 0 saturated heterocycles. The smallest absolute Gasteiger partial charge is 0.0406 e. The normalized spacial score (nSPS) is 27.8. The van der Waals surface area contributed by atoms with E-state index in [1.807, 2.05) is 12.1 Å². The molecule has 2 aliphatic carbocycles. The summed E-state index contributed by atoms with van der Waals surface area (Å²) in [5.74, 6) is 0.721. The fourth-order valence-corrected chi connectivity index (χ4v) is 4.07. The first-order chi connectivity index (χ1) is 10.1. The summed E-state index contributed by atoms with van der Waals surface area (Å²) >= 11 is 5.96. The zero-order valence-corrected chi connectivity index (χ0v) is 14.0. The lowest BCUT2D eigenvalue weighted by Gasteiger charge is -2.42. The van der Waals surface area contributed by atoms with E-state index in [2.05, 4.69) is 36.4 Å². The molecule has 2 saturated carbocycles. The molecule has 0 aromatic heterocycles. The minimum absolute atomic E-state index is 0.408. The van der Waals surface area contributed by atoms with Gasteiger partial charge in [0.15, 0.2) is 0 Å². The van der Waals surface area contributed by atoms with Gasteiger partial charge in [-0.2, -0.15) is 0 Å². The Labute approximate surface area is 133 Å². The van der Waals surface area contributed by atoms with Gasteiger partial charge in [0.05, 0.1) is 0 Å². The Hall–Kier alpha value is -0.570. The molecule has 0 spiro atoms. The van der Waals surface area contributed by atoms with Crippen molar-refractivity contribution in [3.8, 4) is 0 Å². The van der Waals surface area contributed by atoms with Crippen LogP contribution in [0.5, 0.6) is 0 Å². The zero-order chi connectivity index (χ0) is 14.9. The number of hydrogen-bond donors (Lipinski definition) is 1. The quantitative estimate of drug-likeness (QED) is 0.883. The van der Waals surface area contributed by atoms with Gasteiger partial charge in [-0.1, -0.05) is 36.6 Å². The topological polar surface area (TPSA) is 15.3 Å². The van der Waals surface area contributed by atoms with Crippen LogP contribution in [0.4, 0.5) is 0 Å². The molecule has 0 amide bonds. The molecule has 0 atom stereocenters. The molecule has 1 N–H and O–H groups in total. The molecule has 1 aromatic rings. The molecular weight excluding hydrogens is 280 g/mol. The Morgan fingerprint density at radius 1 is 1.14 bits per heavy atom. The summed E-state index contributed by atoms with van der Waals surface area (Å²) in [6, 6.07) is 9.08. The first kappa shape index (κ1) is 15.3. The van der Waals surface area contributed by atoms with Crippen LogP contribution < -0.4 is 5.32 Å². The predicted octanol–water partition coefficient (Wildman–Crippen LogP) is 4.05. The lowest BCUT2D eigenvalue weighted by atomic mass is 9.75. The second kappa shape index (κ2) is 6.28. The van der Waals surface area contributed by atoms with Gasteiger partial charge >= 0.3 is 0 Å². The number of benzene rings is 1. The molecule has 116 valence electrons. The molecule has 0 heterocycles. The van der Waals surface area contributed by atoms with Crippen LogP contribution in [0.15, 0.2) is 24.3 Å². The molecule has 0 bridgehead atoms. The van der Waals surface area contributed by atoms with Crippen molar-refractivity contribution in [3.63, 3.8) is 0 Å². The maximum absolute atomic E-state index is 5.96. The highest BCUT2D eigenvalue weighted by atomic mass is 35.5. The Bertz CT molecular complexity index is 457. The van der Waals surface area contributed by atoms with Crippen molar-refractivity contribution in [3.05, 3.63) is 34.9 Å². The third-order valence-corrected chi connectivity index (χ3v) is 5.93. The van der Waals surface area contributed by atoms with Gasteiger partial charge in [-0.25, -0.2) is 0 Å². The van der Waals surface area contributed by atoms with E-state index in [9.17, 15) is 0 Å². The van der Waals surface area contributed by atoms with Crippen molar-refractivity contribution >= 4 is 11.6 Å². The van der Waals surface area contributed by atoms with Gasteiger partial charge in [0, 0.05) is 23.1 Å². The maximum atomic E-state index is 5.96. The monoisotopic (exact) mass is 306 g/mol. The van der Waals surface area contributed by atoms with Gasteiger partial charge in [0.1, 0.15) is 0 Å². The summed E-state index contributed by atoms with van der Waals surface area (Å²) in [6.07, 6.45) is 8.01. The first-order valence-electron chi connectivity index (χ1n) is 8.25. The summed E-state index contributed by atoms with van der Waals surface area (Å²) in [4.78, 5) is 2.45. The number of likely N-dealkylation sites (N-methyl/N-ethyl adjacent to an activating group) is 1. The number of nitrogens with one attached hydrogen (secondary N) is 1. The predicted molar refractivity (Wildman–Crippen MR) is 90.1 cm³/mol. The summed E-state index contributed by atoms with van der Waals surface area (Å²) in [5, 5.41) is 4.66. The first-order valence-corrected chi connectivity index (χ1v) is 8.63. The summed E-state index contributed by atoms with van der Waals surface area (Å²) in [7, 11) is 4.48. The van der Waals surface area contributed by atoms with E-state index in [0.717, 1.165) is 17.5 Å². The molecular formula is C18H27ClN2. The SMILES string of the molecule is CN(C)C1(CNC2CC(c3ccc(Cl)cc3)C2)CCCC1. The van der Waals surface area contributed by atoms with Crippen LogP contribution in [0, 0.1) is 0 Å². The van der Waals surface area contributed by atoms with Crippen LogP contribution in [0.3, 0.4) is 0 Å². The van der Waals surface area contributed by atoms with E-state index in [0.29, 0.717) is 11.6 Å². The molecule has 21 heavy (non-hydrogen) atoms. The fourth-order valence-electron chi connectivity index (χ4n) is 3.94. The molecule has 3 heteroatoms. The van der Waals surface area contributed by atoms with E-state index < -0.39 is 0 Å². The average Bonchev–Trinajstić information content (AvgIpc) is 2.89. The minimum atomic E-state index is 0.408. The van der Waals surface area contributed by atoms with Crippen molar-refractivity contribution in [1.82, 2.24) is 10.2 Å². The molecule has 2 nitrogen and oxygen atoms in total. The van der Waals surface area contributed by atoms with Gasteiger partial charge in [-0.3, -0.25) is 0 Å². The highest BCUT2D eigenvalue weighted by Gasteiger charge is 2.38. The standard InChI is InChI=1S/C18H27ClN2/c1-21(2)18(9-3-4-10-18)13-20-17-11-15(12-17)14-5-7-16(19)8-6-14/h5-8,15,17,20H,3-4,9-13H2,1-2H3. The average molecular weight is 307 g/mol. The van der Waals surface area contributed by atoms with Crippen LogP contribution in [-0.2, 0) is 0 Å².